The Hall–Kier alpha value is -1.40. The van der Waals surface area contributed by atoms with Crippen molar-refractivity contribution in [2.75, 3.05) is 25.5 Å². The smallest absolute Gasteiger partial charge is 0.238 e. The van der Waals surface area contributed by atoms with Crippen LogP contribution in [-0.2, 0) is 9.59 Å². The van der Waals surface area contributed by atoms with Gasteiger partial charge in [0.2, 0.25) is 11.8 Å². The van der Waals surface area contributed by atoms with Gasteiger partial charge in [0.25, 0.3) is 0 Å². The van der Waals surface area contributed by atoms with Crippen molar-refractivity contribution in [3.05, 3.63) is 28.2 Å². The molecule has 1 aliphatic rings. The maximum atomic E-state index is 12.0. The molecule has 21 heavy (non-hydrogen) atoms. The molecule has 0 atom stereocenters. The molecule has 2 rings (SSSR count). The Bertz CT molecular complexity index is 544. The molecule has 0 spiro atoms. The van der Waals surface area contributed by atoms with Gasteiger partial charge >= 0.3 is 0 Å². The lowest BCUT2D eigenvalue weighted by Crippen LogP contribution is -2.39. The molecule has 0 radical (unpaired) electrons. The number of carbonyl (C=O) groups excluding carboxylic acids is 2. The first-order chi connectivity index (χ1) is 9.94. The summed E-state index contributed by atoms with van der Waals surface area (Å²) in [4.78, 5) is 25.3. The van der Waals surface area contributed by atoms with E-state index in [1.165, 1.54) is 0 Å². The molecule has 5 nitrogen and oxygen atoms in total. The van der Waals surface area contributed by atoms with Gasteiger partial charge in [-0.15, -0.1) is 0 Å². The SMILES string of the molecule is Cc1ccc(NC(=O)CN(C)CC(=O)NC2CC2)c(Br)c1. The average molecular weight is 354 g/mol. The number of hydrogen-bond acceptors (Lipinski definition) is 3. The van der Waals surface area contributed by atoms with Crippen molar-refractivity contribution in [2.45, 2.75) is 25.8 Å². The number of nitrogens with zero attached hydrogens (tertiary/aromatic N) is 1. The van der Waals surface area contributed by atoms with Gasteiger partial charge in [-0.05, 0) is 60.4 Å². The minimum absolute atomic E-state index is 0.0238. The summed E-state index contributed by atoms with van der Waals surface area (Å²) in [5.74, 6) is -0.161. The summed E-state index contributed by atoms with van der Waals surface area (Å²) in [7, 11) is 1.76. The van der Waals surface area contributed by atoms with Gasteiger partial charge in [-0.2, -0.15) is 0 Å². The van der Waals surface area contributed by atoms with E-state index in [-0.39, 0.29) is 24.9 Å². The zero-order valence-corrected chi connectivity index (χ0v) is 13.9. The van der Waals surface area contributed by atoms with E-state index in [1.807, 2.05) is 25.1 Å². The number of carbonyl (C=O) groups is 2. The van der Waals surface area contributed by atoms with E-state index >= 15 is 0 Å². The quantitative estimate of drug-likeness (QED) is 0.821. The third kappa shape index (κ3) is 5.47. The topological polar surface area (TPSA) is 61.4 Å². The molecule has 0 saturated heterocycles. The Morgan fingerprint density at radius 1 is 1.29 bits per heavy atom. The Balaban J connectivity index is 1.78. The molecule has 1 aliphatic carbocycles. The van der Waals surface area contributed by atoms with E-state index in [4.69, 9.17) is 0 Å². The number of benzene rings is 1. The molecule has 1 aromatic rings. The summed E-state index contributed by atoms with van der Waals surface area (Å²) >= 11 is 3.42. The zero-order chi connectivity index (χ0) is 15.4. The second-order valence-corrected chi connectivity index (χ2v) is 6.40. The Kier molecular flexibility index (Phi) is 5.36. The van der Waals surface area contributed by atoms with Crippen molar-refractivity contribution in [3.8, 4) is 0 Å². The number of anilines is 1. The Labute approximate surface area is 133 Å². The monoisotopic (exact) mass is 353 g/mol. The van der Waals surface area contributed by atoms with E-state index in [9.17, 15) is 9.59 Å². The summed E-state index contributed by atoms with van der Waals surface area (Å²) in [5, 5.41) is 5.74. The molecule has 1 saturated carbocycles. The van der Waals surface area contributed by atoms with E-state index in [0.29, 0.717) is 6.04 Å². The van der Waals surface area contributed by atoms with Crippen LogP contribution in [0.1, 0.15) is 18.4 Å². The third-order valence-electron chi connectivity index (χ3n) is 3.17. The van der Waals surface area contributed by atoms with Gasteiger partial charge in [-0.25, -0.2) is 0 Å². The fourth-order valence-electron chi connectivity index (χ4n) is 1.96. The van der Waals surface area contributed by atoms with Crippen molar-refractivity contribution in [1.82, 2.24) is 10.2 Å². The van der Waals surface area contributed by atoms with Crippen LogP contribution in [0.2, 0.25) is 0 Å². The largest absolute Gasteiger partial charge is 0.352 e. The summed E-state index contributed by atoms with van der Waals surface area (Å²) in [6, 6.07) is 6.09. The number of likely N-dealkylation sites (N-methyl/N-ethyl adjacent to an activating group) is 1. The van der Waals surface area contributed by atoms with Crippen molar-refractivity contribution in [2.24, 2.45) is 0 Å². The molecule has 1 aromatic carbocycles. The summed E-state index contributed by atoms with van der Waals surface area (Å²) < 4.78 is 0.852. The summed E-state index contributed by atoms with van der Waals surface area (Å²) in [6.07, 6.45) is 2.13. The van der Waals surface area contributed by atoms with Crippen molar-refractivity contribution in [1.29, 1.82) is 0 Å². The molecule has 0 unspecified atom stereocenters. The molecule has 6 heteroatoms. The number of hydrogen-bond donors (Lipinski definition) is 2. The molecular formula is C15H20BrN3O2. The highest BCUT2D eigenvalue weighted by molar-refractivity contribution is 9.10. The standard InChI is InChI=1S/C15H20BrN3O2/c1-10-3-6-13(12(16)7-10)18-15(21)9-19(2)8-14(20)17-11-4-5-11/h3,6-7,11H,4-5,8-9H2,1-2H3,(H,17,20)(H,18,21). The fraction of sp³-hybridized carbons (Fsp3) is 0.467. The third-order valence-corrected chi connectivity index (χ3v) is 3.82. The maximum Gasteiger partial charge on any atom is 0.238 e. The average Bonchev–Trinajstić information content (AvgIpc) is 3.16. The molecule has 0 heterocycles. The van der Waals surface area contributed by atoms with Crippen LogP contribution in [0.5, 0.6) is 0 Å². The van der Waals surface area contributed by atoms with E-state index in [1.54, 1.807) is 11.9 Å². The minimum Gasteiger partial charge on any atom is -0.352 e. The van der Waals surface area contributed by atoms with Crippen molar-refractivity contribution in [3.63, 3.8) is 0 Å². The molecular weight excluding hydrogens is 334 g/mol. The number of aryl methyl sites for hydroxylation is 1. The second-order valence-electron chi connectivity index (χ2n) is 5.55. The van der Waals surface area contributed by atoms with Gasteiger partial charge < -0.3 is 10.6 Å². The Morgan fingerprint density at radius 3 is 2.57 bits per heavy atom. The van der Waals surface area contributed by atoms with Gasteiger partial charge in [-0.3, -0.25) is 14.5 Å². The molecule has 1 fully saturated rings. The van der Waals surface area contributed by atoms with Crippen LogP contribution < -0.4 is 10.6 Å². The first-order valence-corrected chi connectivity index (χ1v) is 7.77. The highest BCUT2D eigenvalue weighted by Crippen LogP contribution is 2.23. The zero-order valence-electron chi connectivity index (χ0n) is 12.3. The Morgan fingerprint density at radius 2 is 1.95 bits per heavy atom. The molecule has 114 valence electrons. The van der Waals surface area contributed by atoms with Gasteiger partial charge in [0.15, 0.2) is 0 Å². The predicted molar refractivity (Wildman–Crippen MR) is 86.2 cm³/mol. The highest BCUT2D eigenvalue weighted by atomic mass is 79.9. The van der Waals surface area contributed by atoms with Crippen LogP contribution in [0, 0.1) is 6.92 Å². The van der Waals surface area contributed by atoms with Crippen molar-refractivity contribution < 1.29 is 9.59 Å². The molecule has 0 aliphatic heterocycles. The van der Waals surface area contributed by atoms with E-state index in [0.717, 1.165) is 28.6 Å². The first-order valence-electron chi connectivity index (χ1n) is 6.98. The van der Waals surface area contributed by atoms with Crippen LogP contribution in [-0.4, -0.2) is 42.9 Å². The molecule has 2 amide bonds. The lowest BCUT2D eigenvalue weighted by Gasteiger charge is -2.16. The van der Waals surface area contributed by atoms with Gasteiger partial charge in [0, 0.05) is 10.5 Å². The van der Waals surface area contributed by atoms with Gasteiger partial charge in [-0.1, -0.05) is 6.07 Å². The van der Waals surface area contributed by atoms with Gasteiger partial charge in [0.05, 0.1) is 18.8 Å². The summed E-state index contributed by atoms with van der Waals surface area (Å²) in [5.41, 5.74) is 1.86. The predicted octanol–water partition coefficient (Wildman–Crippen LogP) is 1.91. The molecule has 0 aromatic heterocycles. The van der Waals surface area contributed by atoms with E-state index in [2.05, 4.69) is 26.6 Å². The maximum absolute atomic E-state index is 12.0. The number of nitrogens with one attached hydrogen (secondary N) is 2. The van der Waals surface area contributed by atoms with Crippen LogP contribution in [0.3, 0.4) is 0 Å². The van der Waals surface area contributed by atoms with Crippen LogP contribution >= 0.6 is 15.9 Å². The lowest BCUT2D eigenvalue weighted by molar-refractivity contribution is -0.123. The fourth-order valence-corrected chi connectivity index (χ4v) is 2.55. The van der Waals surface area contributed by atoms with Crippen LogP contribution in [0.4, 0.5) is 5.69 Å². The first kappa shape index (κ1) is 16.0. The van der Waals surface area contributed by atoms with Gasteiger partial charge in [0.1, 0.15) is 0 Å². The minimum atomic E-state index is -0.138. The highest BCUT2D eigenvalue weighted by Gasteiger charge is 2.23. The van der Waals surface area contributed by atoms with E-state index < -0.39 is 0 Å². The number of rotatable bonds is 6. The lowest BCUT2D eigenvalue weighted by atomic mass is 10.2. The number of halogens is 1. The molecule has 2 N–H and O–H groups in total. The van der Waals surface area contributed by atoms with Crippen molar-refractivity contribution >= 4 is 33.4 Å². The molecule has 0 bridgehead atoms. The van der Waals surface area contributed by atoms with Crippen LogP contribution in [0.15, 0.2) is 22.7 Å². The van der Waals surface area contributed by atoms with Crippen LogP contribution in [0.25, 0.3) is 0 Å². The second kappa shape index (κ2) is 7.04. The number of amides is 2. The summed E-state index contributed by atoms with van der Waals surface area (Å²) in [6.45, 7) is 2.40. The normalized spacial score (nSPS) is 14.1.